The van der Waals surface area contributed by atoms with Crippen LogP contribution >= 0.6 is 15.9 Å². The summed E-state index contributed by atoms with van der Waals surface area (Å²) in [4.78, 5) is 16.6. The molecule has 0 aliphatic heterocycles. The van der Waals surface area contributed by atoms with E-state index in [2.05, 4.69) is 20.8 Å². The minimum absolute atomic E-state index is 0.0707. The molecule has 1 aromatic rings. The molecular weight excluding hydrogens is 332 g/mol. The molecule has 1 rings (SSSR count). The van der Waals surface area contributed by atoms with Crippen LogP contribution in [0.2, 0.25) is 0 Å². The van der Waals surface area contributed by atoms with Gasteiger partial charge in [-0.1, -0.05) is 15.9 Å². The first-order chi connectivity index (χ1) is 9.95. The molecule has 0 saturated carbocycles. The Labute approximate surface area is 136 Å². The largest absolute Gasteiger partial charge is 0.383 e. The van der Waals surface area contributed by atoms with Crippen molar-refractivity contribution in [2.45, 2.75) is 13.3 Å². The fraction of sp³-hybridized carbons (Fsp3) is 0.562. The Morgan fingerprint density at radius 1 is 1.24 bits per heavy atom. The normalized spacial score (nSPS) is 11.0. The van der Waals surface area contributed by atoms with E-state index < -0.39 is 0 Å². The van der Waals surface area contributed by atoms with E-state index in [1.54, 1.807) is 7.11 Å². The van der Waals surface area contributed by atoms with Crippen LogP contribution in [0.3, 0.4) is 0 Å². The maximum atomic E-state index is 12.6. The molecule has 1 amide bonds. The predicted octanol–water partition coefficient (Wildman–Crippen LogP) is 2.80. The van der Waals surface area contributed by atoms with E-state index in [9.17, 15) is 4.79 Å². The summed E-state index contributed by atoms with van der Waals surface area (Å²) in [6.45, 7) is 4.89. The van der Waals surface area contributed by atoms with Crippen LogP contribution in [0.5, 0.6) is 0 Å². The van der Waals surface area contributed by atoms with Gasteiger partial charge in [-0.05, 0) is 57.7 Å². The van der Waals surface area contributed by atoms with Gasteiger partial charge in [0.15, 0.2) is 0 Å². The van der Waals surface area contributed by atoms with Crippen molar-refractivity contribution >= 4 is 21.8 Å². The van der Waals surface area contributed by atoms with E-state index in [1.165, 1.54) is 0 Å². The smallest absolute Gasteiger partial charge is 0.253 e. The third-order valence-corrected chi connectivity index (χ3v) is 4.18. The summed E-state index contributed by atoms with van der Waals surface area (Å²) in [7, 11) is 5.74. The molecule has 0 atom stereocenters. The SMILES string of the molecule is COCCN(CCCN(C)C)C(=O)c1ccc(Br)c(C)c1. The topological polar surface area (TPSA) is 32.8 Å². The van der Waals surface area contributed by atoms with E-state index in [4.69, 9.17) is 4.74 Å². The molecule has 4 nitrogen and oxygen atoms in total. The van der Waals surface area contributed by atoms with Crippen molar-refractivity contribution in [2.24, 2.45) is 0 Å². The molecule has 0 saturated heterocycles. The summed E-state index contributed by atoms with van der Waals surface area (Å²) < 4.78 is 6.14. The van der Waals surface area contributed by atoms with Gasteiger partial charge in [-0.2, -0.15) is 0 Å². The van der Waals surface area contributed by atoms with E-state index in [-0.39, 0.29) is 5.91 Å². The lowest BCUT2D eigenvalue weighted by atomic mass is 10.1. The zero-order valence-electron chi connectivity index (χ0n) is 13.4. The molecule has 5 heteroatoms. The number of halogens is 1. The van der Waals surface area contributed by atoms with Crippen molar-refractivity contribution in [2.75, 3.05) is 47.4 Å². The van der Waals surface area contributed by atoms with Gasteiger partial charge in [0, 0.05) is 30.2 Å². The molecule has 0 fully saturated rings. The van der Waals surface area contributed by atoms with Crippen molar-refractivity contribution < 1.29 is 9.53 Å². The molecule has 0 spiro atoms. The van der Waals surface area contributed by atoms with Crippen LogP contribution in [0.1, 0.15) is 22.3 Å². The summed E-state index contributed by atoms with van der Waals surface area (Å²) in [5.74, 6) is 0.0707. The number of hydrogen-bond donors (Lipinski definition) is 0. The first kappa shape index (κ1) is 18.1. The Morgan fingerprint density at radius 3 is 2.52 bits per heavy atom. The van der Waals surface area contributed by atoms with Crippen molar-refractivity contribution in [1.82, 2.24) is 9.80 Å². The van der Waals surface area contributed by atoms with Crippen LogP contribution in [0.15, 0.2) is 22.7 Å². The molecule has 0 aliphatic rings. The fourth-order valence-electron chi connectivity index (χ4n) is 2.05. The minimum Gasteiger partial charge on any atom is -0.383 e. The van der Waals surface area contributed by atoms with E-state index in [0.717, 1.165) is 35.1 Å². The van der Waals surface area contributed by atoms with Crippen molar-refractivity contribution in [3.8, 4) is 0 Å². The lowest BCUT2D eigenvalue weighted by Crippen LogP contribution is -2.36. The summed E-state index contributed by atoms with van der Waals surface area (Å²) in [6, 6.07) is 5.72. The molecule has 0 aliphatic carbocycles. The van der Waals surface area contributed by atoms with Gasteiger partial charge in [0.1, 0.15) is 0 Å². The Hall–Kier alpha value is -0.910. The molecule has 0 radical (unpaired) electrons. The van der Waals surface area contributed by atoms with E-state index in [0.29, 0.717) is 13.2 Å². The summed E-state index contributed by atoms with van der Waals surface area (Å²) in [5, 5.41) is 0. The maximum absolute atomic E-state index is 12.6. The van der Waals surface area contributed by atoms with Crippen molar-refractivity contribution in [1.29, 1.82) is 0 Å². The highest BCUT2D eigenvalue weighted by Gasteiger charge is 2.16. The van der Waals surface area contributed by atoms with Crippen LogP contribution in [0.25, 0.3) is 0 Å². The minimum atomic E-state index is 0.0707. The maximum Gasteiger partial charge on any atom is 0.253 e. The number of benzene rings is 1. The van der Waals surface area contributed by atoms with Gasteiger partial charge < -0.3 is 14.5 Å². The van der Waals surface area contributed by atoms with E-state index >= 15 is 0 Å². The highest BCUT2D eigenvalue weighted by Crippen LogP contribution is 2.18. The summed E-state index contributed by atoms with van der Waals surface area (Å²) in [5.41, 5.74) is 1.80. The average Bonchev–Trinajstić information content (AvgIpc) is 2.44. The Morgan fingerprint density at radius 2 is 1.95 bits per heavy atom. The third-order valence-electron chi connectivity index (χ3n) is 3.29. The number of methoxy groups -OCH3 is 1. The molecule has 118 valence electrons. The van der Waals surface area contributed by atoms with Crippen LogP contribution in [0, 0.1) is 6.92 Å². The fourth-order valence-corrected chi connectivity index (χ4v) is 2.30. The molecule has 0 N–H and O–H groups in total. The Bertz CT molecular complexity index is 464. The average molecular weight is 357 g/mol. The number of nitrogens with zero attached hydrogens (tertiary/aromatic N) is 2. The van der Waals surface area contributed by atoms with Gasteiger partial charge in [-0.15, -0.1) is 0 Å². The lowest BCUT2D eigenvalue weighted by Gasteiger charge is -2.23. The van der Waals surface area contributed by atoms with Crippen molar-refractivity contribution in [3.63, 3.8) is 0 Å². The van der Waals surface area contributed by atoms with Crippen LogP contribution in [-0.4, -0.2) is 63.2 Å². The number of aryl methyl sites for hydroxylation is 1. The third kappa shape index (κ3) is 6.16. The Balaban J connectivity index is 2.75. The quantitative estimate of drug-likeness (QED) is 0.717. The summed E-state index contributed by atoms with van der Waals surface area (Å²) in [6.07, 6.45) is 0.956. The molecular formula is C16H25BrN2O2. The van der Waals surface area contributed by atoms with Crippen molar-refractivity contribution in [3.05, 3.63) is 33.8 Å². The van der Waals surface area contributed by atoms with E-state index in [1.807, 2.05) is 44.1 Å². The molecule has 0 bridgehead atoms. The molecule has 1 aromatic carbocycles. The molecule has 0 aromatic heterocycles. The number of carbonyl (C=O) groups is 1. The highest BCUT2D eigenvalue weighted by molar-refractivity contribution is 9.10. The zero-order chi connectivity index (χ0) is 15.8. The van der Waals surface area contributed by atoms with Crippen LogP contribution < -0.4 is 0 Å². The molecule has 0 heterocycles. The lowest BCUT2D eigenvalue weighted by molar-refractivity contribution is 0.0689. The Kier molecular flexibility index (Phi) is 7.93. The van der Waals surface area contributed by atoms with Crippen LogP contribution in [0.4, 0.5) is 0 Å². The first-order valence-corrected chi connectivity index (χ1v) is 7.94. The second-order valence-electron chi connectivity index (χ2n) is 5.41. The van der Waals surface area contributed by atoms with Gasteiger partial charge in [0.05, 0.1) is 6.61 Å². The monoisotopic (exact) mass is 356 g/mol. The number of rotatable bonds is 8. The first-order valence-electron chi connectivity index (χ1n) is 7.14. The number of ether oxygens (including phenoxy) is 1. The second kappa shape index (κ2) is 9.18. The number of amides is 1. The second-order valence-corrected chi connectivity index (χ2v) is 6.26. The van der Waals surface area contributed by atoms with Gasteiger partial charge in [0.25, 0.3) is 5.91 Å². The standard InChI is InChI=1S/C16H25BrN2O2/c1-13-12-14(6-7-15(13)17)16(20)19(10-11-21-4)9-5-8-18(2)3/h6-7,12H,5,8-11H2,1-4H3. The van der Waals surface area contributed by atoms with Crippen LogP contribution in [-0.2, 0) is 4.74 Å². The van der Waals surface area contributed by atoms with Gasteiger partial charge >= 0.3 is 0 Å². The predicted molar refractivity (Wildman–Crippen MR) is 89.8 cm³/mol. The molecule has 21 heavy (non-hydrogen) atoms. The number of hydrogen-bond acceptors (Lipinski definition) is 3. The zero-order valence-corrected chi connectivity index (χ0v) is 14.9. The van der Waals surface area contributed by atoms with Gasteiger partial charge in [-0.3, -0.25) is 4.79 Å². The highest BCUT2D eigenvalue weighted by atomic mass is 79.9. The van der Waals surface area contributed by atoms with Gasteiger partial charge in [-0.25, -0.2) is 0 Å². The molecule has 0 unspecified atom stereocenters. The number of carbonyl (C=O) groups excluding carboxylic acids is 1. The summed E-state index contributed by atoms with van der Waals surface area (Å²) >= 11 is 3.46. The van der Waals surface area contributed by atoms with Gasteiger partial charge in [0.2, 0.25) is 0 Å².